The van der Waals surface area contributed by atoms with Crippen molar-refractivity contribution in [3.63, 3.8) is 0 Å². The molecule has 0 amide bonds. The van der Waals surface area contributed by atoms with Crippen LogP contribution in [0.3, 0.4) is 0 Å². The van der Waals surface area contributed by atoms with Crippen LogP contribution in [0.15, 0.2) is 27.6 Å². The van der Waals surface area contributed by atoms with Gasteiger partial charge in [0.1, 0.15) is 0 Å². The summed E-state index contributed by atoms with van der Waals surface area (Å²) in [6.45, 7) is 0. The Labute approximate surface area is 85.2 Å². The van der Waals surface area contributed by atoms with Crippen LogP contribution in [0.4, 0.5) is 0 Å². The lowest BCUT2D eigenvalue weighted by atomic mass is 10.1. The zero-order valence-electron chi connectivity index (χ0n) is 6.80. The van der Waals surface area contributed by atoms with Crippen molar-refractivity contribution in [2.24, 2.45) is 0 Å². The molecule has 0 fully saturated rings. The summed E-state index contributed by atoms with van der Waals surface area (Å²) < 4.78 is 1.21. The Morgan fingerprint density at radius 2 is 2.25 bits per heavy atom. The van der Waals surface area contributed by atoms with Crippen LogP contribution < -0.4 is 0 Å². The molecule has 0 N–H and O–H groups in total. The first-order valence-electron chi connectivity index (χ1n) is 3.84. The van der Waals surface area contributed by atoms with Crippen molar-refractivity contribution in [2.45, 2.75) is 11.3 Å². The fraction of sp³-hybridized carbons (Fsp3) is 0.200. The number of fused-ring (bicyclic) bond motifs is 1. The second kappa shape index (κ2) is 3.27. The maximum absolute atomic E-state index is 3.56. The van der Waals surface area contributed by atoms with Crippen molar-refractivity contribution < 1.29 is 0 Å². The van der Waals surface area contributed by atoms with Gasteiger partial charge < -0.3 is 0 Å². The molecule has 62 valence electrons. The quantitative estimate of drug-likeness (QED) is 0.675. The molecule has 0 bridgehead atoms. The Morgan fingerprint density at radius 3 is 3.00 bits per heavy atom. The number of halogens is 1. The van der Waals surface area contributed by atoms with E-state index < -0.39 is 0 Å². The molecular weight excluding hydrogens is 232 g/mol. The third-order valence-electron chi connectivity index (χ3n) is 2.05. The fourth-order valence-corrected chi connectivity index (χ4v) is 2.77. The van der Waals surface area contributed by atoms with Gasteiger partial charge in [0.15, 0.2) is 0 Å². The van der Waals surface area contributed by atoms with Gasteiger partial charge in [0.25, 0.3) is 0 Å². The van der Waals surface area contributed by atoms with Crippen LogP contribution in [0.25, 0.3) is 6.08 Å². The standard InChI is InChI=1S/C10H9BrS/c1-12-10-6-8-4-2-3-7(8)5-9(10)11/h2-3,5-6H,4H2,1H3. The molecule has 0 saturated carbocycles. The highest BCUT2D eigenvalue weighted by atomic mass is 79.9. The zero-order chi connectivity index (χ0) is 8.55. The largest absolute Gasteiger partial charge is 0.128 e. The number of hydrogen-bond donors (Lipinski definition) is 0. The topological polar surface area (TPSA) is 0 Å². The smallest absolute Gasteiger partial charge is 0.0317 e. The fourth-order valence-electron chi connectivity index (χ4n) is 1.41. The van der Waals surface area contributed by atoms with Gasteiger partial charge in [-0.2, -0.15) is 0 Å². The molecule has 2 heteroatoms. The van der Waals surface area contributed by atoms with E-state index in [-0.39, 0.29) is 0 Å². The first-order chi connectivity index (χ1) is 5.81. The van der Waals surface area contributed by atoms with Crippen LogP contribution in [0, 0.1) is 0 Å². The maximum atomic E-state index is 3.56. The molecule has 0 spiro atoms. The highest BCUT2D eigenvalue weighted by molar-refractivity contribution is 9.10. The molecule has 12 heavy (non-hydrogen) atoms. The molecular formula is C10H9BrS. The number of rotatable bonds is 1. The second-order valence-corrected chi connectivity index (χ2v) is 4.49. The van der Waals surface area contributed by atoms with Gasteiger partial charge in [-0.3, -0.25) is 0 Å². The van der Waals surface area contributed by atoms with Crippen molar-refractivity contribution in [3.05, 3.63) is 33.8 Å². The average Bonchev–Trinajstić information content (AvgIpc) is 2.49. The molecule has 0 nitrogen and oxygen atoms in total. The van der Waals surface area contributed by atoms with Crippen molar-refractivity contribution >= 4 is 33.8 Å². The van der Waals surface area contributed by atoms with E-state index in [0.717, 1.165) is 6.42 Å². The van der Waals surface area contributed by atoms with Crippen LogP contribution in [0.5, 0.6) is 0 Å². The summed E-state index contributed by atoms with van der Waals surface area (Å²) in [6, 6.07) is 4.47. The van der Waals surface area contributed by atoms with E-state index in [0.29, 0.717) is 0 Å². The van der Waals surface area contributed by atoms with Gasteiger partial charge in [-0.1, -0.05) is 12.2 Å². The minimum absolute atomic E-state index is 1.09. The van der Waals surface area contributed by atoms with Gasteiger partial charge in [0.2, 0.25) is 0 Å². The number of thioether (sulfide) groups is 1. The van der Waals surface area contributed by atoms with Gasteiger partial charge in [-0.15, -0.1) is 11.8 Å². The Hall–Kier alpha value is -0.210. The molecule has 0 saturated heterocycles. The molecule has 1 aliphatic rings. The maximum Gasteiger partial charge on any atom is 0.0317 e. The molecule has 1 aromatic carbocycles. The zero-order valence-corrected chi connectivity index (χ0v) is 9.21. The van der Waals surface area contributed by atoms with Crippen LogP contribution in [0.2, 0.25) is 0 Å². The summed E-state index contributed by atoms with van der Waals surface area (Å²) in [5.41, 5.74) is 2.81. The molecule has 0 heterocycles. The molecule has 0 atom stereocenters. The molecule has 0 radical (unpaired) electrons. The third-order valence-corrected chi connectivity index (χ3v) is 3.74. The van der Waals surface area contributed by atoms with Crippen LogP contribution in [-0.2, 0) is 6.42 Å². The predicted molar refractivity (Wildman–Crippen MR) is 58.7 cm³/mol. The first-order valence-corrected chi connectivity index (χ1v) is 5.86. The van der Waals surface area contributed by atoms with Gasteiger partial charge >= 0.3 is 0 Å². The summed E-state index contributed by atoms with van der Waals surface area (Å²) in [5.74, 6) is 0. The third kappa shape index (κ3) is 1.34. The van der Waals surface area contributed by atoms with Gasteiger partial charge in [-0.05, 0) is 51.9 Å². The Balaban J connectivity index is 2.54. The molecule has 0 aliphatic heterocycles. The molecule has 2 rings (SSSR count). The summed E-state index contributed by atoms with van der Waals surface area (Å²) in [6.07, 6.45) is 7.59. The summed E-state index contributed by atoms with van der Waals surface area (Å²) in [5, 5.41) is 0. The summed E-state index contributed by atoms with van der Waals surface area (Å²) in [7, 11) is 0. The van der Waals surface area contributed by atoms with E-state index in [9.17, 15) is 0 Å². The van der Waals surface area contributed by atoms with Crippen LogP contribution in [0.1, 0.15) is 11.1 Å². The molecule has 1 aromatic rings. The monoisotopic (exact) mass is 240 g/mol. The summed E-state index contributed by atoms with van der Waals surface area (Å²) in [4.78, 5) is 1.33. The van der Waals surface area contributed by atoms with Crippen LogP contribution >= 0.6 is 27.7 Å². The highest BCUT2D eigenvalue weighted by Crippen LogP contribution is 2.32. The predicted octanol–water partition coefficient (Wildman–Crippen LogP) is 3.74. The van der Waals surface area contributed by atoms with Crippen LogP contribution in [-0.4, -0.2) is 6.26 Å². The lowest BCUT2D eigenvalue weighted by Gasteiger charge is -2.04. The van der Waals surface area contributed by atoms with Crippen molar-refractivity contribution in [3.8, 4) is 0 Å². The highest BCUT2D eigenvalue weighted by Gasteiger charge is 2.08. The summed E-state index contributed by atoms with van der Waals surface area (Å²) >= 11 is 5.34. The van der Waals surface area contributed by atoms with Gasteiger partial charge in [-0.25, -0.2) is 0 Å². The molecule has 0 aromatic heterocycles. The Kier molecular flexibility index (Phi) is 2.28. The number of benzene rings is 1. The van der Waals surface area contributed by atoms with Gasteiger partial charge in [0, 0.05) is 9.37 Å². The van der Waals surface area contributed by atoms with E-state index in [1.807, 2.05) is 0 Å². The molecule has 1 aliphatic carbocycles. The van der Waals surface area contributed by atoms with E-state index >= 15 is 0 Å². The van der Waals surface area contributed by atoms with Crippen molar-refractivity contribution in [2.75, 3.05) is 6.26 Å². The number of allylic oxidation sites excluding steroid dienone is 1. The van der Waals surface area contributed by atoms with Crippen molar-refractivity contribution in [1.82, 2.24) is 0 Å². The first kappa shape index (κ1) is 8.39. The lowest BCUT2D eigenvalue weighted by Crippen LogP contribution is -1.83. The molecule has 0 unspecified atom stereocenters. The van der Waals surface area contributed by atoms with E-state index in [1.54, 1.807) is 11.8 Å². The minimum atomic E-state index is 1.09. The number of hydrogen-bond acceptors (Lipinski definition) is 1. The van der Waals surface area contributed by atoms with E-state index in [2.05, 4.69) is 46.5 Å². The lowest BCUT2D eigenvalue weighted by molar-refractivity contribution is 1.25. The SMILES string of the molecule is CSc1cc2c(cc1Br)C=CC2. The normalized spacial score (nSPS) is 13.5. The Bertz CT molecular complexity index is 341. The van der Waals surface area contributed by atoms with Gasteiger partial charge in [0.05, 0.1) is 0 Å². The van der Waals surface area contributed by atoms with Crippen molar-refractivity contribution in [1.29, 1.82) is 0 Å². The Morgan fingerprint density at radius 1 is 1.42 bits per heavy atom. The minimum Gasteiger partial charge on any atom is -0.128 e. The van der Waals surface area contributed by atoms with E-state index in [1.165, 1.54) is 20.5 Å². The van der Waals surface area contributed by atoms with E-state index in [4.69, 9.17) is 0 Å². The average molecular weight is 241 g/mol. The second-order valence-electron chi connectivity index (χ2n) is 2.79.